The van der Waals surface area contributed by atoms with Gasteiger partial charge in [0.05, 0.1) is 18.1 Å². The maximum Gasteiger partial charge on any atom is 0.409 e. The summed E-state index contributed by atoms with van der Waals surface area (Å²) in [6.45, 7) is 2.65. The van der Waals surface area contributed by atoms with E-state index in [-0.39, 0.29) is 17.8 Å². The average molecular weight is 266 g/mol. The molecule has 0 bridgehead atoms. The molecule has 8 nitrogen and oxygen atoms in total. The number of hydrogen-bond donors (Lipinski definition) is 1. The molecular formula is C11H14N4O4. The standard InChI is InChI=1S/C11H14N4O4/c1-7-9(15(17)18)3-4-10(12-7)13-8-5-14(6-8)11(16)19-2/h3-4,8H,5-6H2,1-2H3,(H,12,13). The van der Waals surface area contributed by atoms with Crippen molar-refractivity contribution in [3.05, 3.63) is 27.9 Å². The summed E-state index contributed by atoms with van der Waals surface area (Å²) >= 11 is 0. The molecule has 2 heterocycles. The molecule has 1 aromatic rings. The molecule has 1 aliphatic heterocycles. The molecule has 0 radical (unpaired) electrons. The molecule has 0 spiro atoms. The second-order valence-electron chi connectivity index (χ2n) is 4.27. The van der Waals surface area contributed by atoms with Crippen molar-refractivity contribution in [2.24, 2.45) is 0 Å². The zero-order chi connectivity index (χ0) is 14.0. The van der Waals surface area contributed by atoms with Gasteiger partial charge in [-0.1, -0.05) is 0 Å². The van der Waals surface area contributed by atoms with E-state index >= 15 is 0 Å². The molecule has 1 amide bonds. The lowest BCUT2D eigenvalue weighted by Crippen LogP contribution is -2.57. The number of aryl methyl sites for hydroxylation is 1. The lowest BCUT2D eigenvalue weighted by molar-refractivity contribution is -0.385. The topological polar surface area (TPSA) is 97.6 Å². The van der Waals surface area contributed by atoms with Gasteiger partial charge in [0.15, 0.2) is 0 Å². The Morgan fingerprint density at radius 1 is 1.58 bits per heavy atom. The normalized spacial score (nSPS) is 14.7. The summed E-state index contributed by atoms with van der Waals surface area (Å²) in [5, 5.41) is 13.8. The molecule has 1 aromatic heterocycles. The minimum absolute atomic E-state index is 0.00431. The van der Waals surface area contributed by atoms with Crippen LogP contribution in [-0.2, 0) is 4.74 Å². The fourth-order valence-corrected chi connectivity index (χ4v) is 1.88. The molecule has 2 rings (SSSR count). The first kappa shape index (κ1) is 13.1. The van der Waals surface area contributed by atoms with Crippen LogP contribution in [0.15, 0.2) is 12.1 Å². The number of carbonyl (C=O) groups excluding carboxylic acids is 1. The number of nitrogens with zero attached hydrogens (tertiary/aromatic N) is 3. The van der Waals surface area contributed by atoms with Gasteiger partial charge in [-0.15, -0.1) is 0 Å². The van der Waals surface area contributed by atoms with Gasteiger partial charge in [0, 0.05) is 19.2 Å². The third-order valence-electron chi connectivity index (χ3n) is 2.92. The van der Waals surface area contributed by atoms with Crippen LogP contribution in [0.3, 0.4) is 0 Å². The van der Waals surface area contributed by atoms with Gasteiger partial charge in [0.25, 0.3) is 5.69 Å². The summed E-state index contributed by atoms with van der Waals surface area (Å²) in [4.78, 5) is 27.0. The zero-order valence-electron chi connectivity index (χ0n) is 10.6. The summed E-state index contributed by atoms with van der Waals surface area (Å²) < 4.78 is 4.58. The van der Waals surface area contributed by atoms with Crippen LogP contribution in [-0.4, -0.2) is 47.1 Å². The van der Waals surface area contributed by atoms with Crippen molar-refractivity contribution in [3.8, 4) is 0 Å². The van der Waals surface area contributed by atoms with Gasteiger partial charge >= 0.3 is 6.09 Å². The Morgan fingerprint density at radius 2 is 2.26 bits per heavy atom. The Labute approximate surface area is 109 Å². The van der Waals surface area contributed by atoms with Crippen LogP contribution in [0.2, 0.25) is 0 Å². The van der Waals surface area contributed by atoms with Crippen LogP contribution in [0.25, 0.3) is 0 Å². The number of nitrogens with one attached hydrogen (secondary N) is 1. The minimum atomic E-state index is -0.464. The van der Waals surface area contributed by atoms with Crippen LogP contribution < -0.4 is 5.32 Å². The number of carbonyl (C=O) groups is 1. The summed E-state index contributed by atoms with van der Waals surface area (Å²) in [5.74, 6) is 0.567. The monoisotopic (exact) mass is 266 g/mol. The van der Waals surface area contributed by atoms with E-state index in [2.05, 4.69) is 15.0 Å². The van der Waals surface area contributed by atoms with Gasteiger partial charge in [0.1, 0.15) is 11.5 Å². The van der Waals surface area contributed by atoms with Crippen LogP contribution in [0, 0.1) is 17.0 Å². The molecule has 102 valence electrons. The Balaban J connectivity index is 1.93. The van der Waals surface area contributed by atoms with Crippen molar-refractivity contribution < 1.29 is 14.5 Å². The molecule has 19 heavy (non-hydrogen) atoms. The van der Waals surface area contributed by atoms with Crippen LogP contribution in [0.1, 0.15) is 5.69 Å². The molecule has 1 N–H and O–H groups in total. The SMILES string of the molecule is COC(=O)N1CC(Nc2ccc([N+](=O)[O-])c(C)n2)C1. The van der Waals surface area contributed by atoms with E-state index in [1.165, 1.54) is 13.2 Å². The van der Waals surface area contributed by atoms with Crippen molar-refractivity contribution in [2.75, 3.05) is 25.5 Å². The van der Waals surface area contributed by atoms with Gasteiger partial charge in [-0.2, -0.15) is 0 Å². The second kappa shape index (κ2) is 5.09. The van der Waals surface area contributed by atoms with Crippen molar-refractivity contribution in [1.29, 1.82) is 0 Å². The van der Waals surface area contributed by atoms with E-state index in [1.54, 1.807) is 17.9 Å². The largest absolute Gasteiger partial charge is 0.453 e. The predicted molar refractivity (Wildman–Crippen MR) is 67.0 cm³/mol. The smallest absolute Gasteiger partial charge is 0.409 e. The number of anilines is 1. The molecule has 0 atom stereocenters. The fourth-order valence-electron chi connectivity index (χ4n) is 1.88. The summed E-state index contributed by atoms with van der Waals surface area (Å²) in [6.07, 6.45) is -0.356. The second-order valence-corrected chi connectivity index (χ2v) is 4.27. The predicted octanol–water partition coefficient (Wildman–Crippen LogP) is 1.16. The highest BCUT2D eigenvalue weighted by molar-refractivity contribution is 5.69. The molecule has 1 fully saturated rings. The molecule has 1 aliphatic rings. The maximum atomic E-state index is 11.2. The fraction of sp³-hybridized carbons (Fsp3) is 0.455. The summed E-state index contributed by atoms with van der Waals surface area (Å²) in [6, 6.07) is 3.07. The highest BCUT2D eigenvalue weighted by Gasteiger charge is 2.31. The lowest BCUT2D eigenvalue weighted by atomic mass is 10.1. The average Bonchev–Trinajstić information content (AvgIpc) is 2.32. The number of pyridine rings is 1. The molecule has 8 heteroatoms. The van der Waals surface area contributed by atoms with Crippen LogP contribution in [0.4, 0.5) is 16.3 Å². The van der Waals surface area contributed by atoms with E-state index < -0.39 is 4.92 Å². The first-order valence-electron chi connectivity index (χ1n) is 5.72. The van der Waals surface area contributed by atoms with E-state index in [1.807, 2.05) is 0 Å². The minimum Gasteiger partial charge on any atom is -0.453 e. The van der Waals surface area contributed by atoms with Gasteiger partial charge in [-0.05, 0) is 13.0 Å². The summed E-state index contributed by atoms with van der Waals surface area (Å²) in [5.41, 5.74) is 0.356. The molecule has 0 aromatic carbocycles. The number of ether oxygens (including phenoxy) is 1. The zero-order valence-corrected chi connectivity index (χ0v) is 10.6. The number of rotatable bonds is 3. The first-order chi connectivity index (χ1) is 9.01. The van der Waals surface area contributed by atoms with Crippen molar-refractivity contribution in [1.82, 2.24) is 9.88 Å². The molecule has 0 aliphatic carbocycles. The Morgan fingerprint density at radius 3 is 2.79 bits per heavy atom. The highest BCUT2D eigenvalue weighted by atomic mass is 16.6. The first-order valence-corrected chi connectivity index (χ1v) is 5.72. The van der Waals surface area contributed by atoms with E-state index in [9.17, 15) is 14.9 Å². The van der Waals surface area contributed by atoms with Gasteiger partial charge in [0.2, 0.25) is 0 Å². The number of likely N-dealkylation sites (tertiary alicyclic amines) is 1. The Hall–Kier alpha value is -2.38. The third-order valence-corrected chi connectivity index (χ3v) is 2.92. The number of amides is 1. The number of aromatic nitrogens is 1. The number of nitro groups is 1. The maximum absolute atomic E-state index is 11.2. The number of methoxy groups -OCH3 is 1. The van der Waals surface area contributed by atoms with Crippen molar-refractivity contribution in [2.45, 2.75) is 13.0 Å². The molecule has 0 unspecified atom stereocenters. The van der Waals surface area contributed by atoms with Crippen molar-refractivity contribution in [3.63, 3.8) is 0 Å². The Bertz CT molecular complexity index is 513. The van der Waals surface area contributed by atoms with Crippen molar-refractivity contribution >= 4 is 17.6 Å². The van der Waals surface area contributed by atoms with Crippen LogP contribution >= 0.6 is 0 Å². The highest BCUT2D eigenvalue weighted by Crippen LogP contribution is 2.20. The molecule has 1 saturated heterocycles. The summed E-state index contributed by atoms with van der Waals surface area (Å²) in [7, 11) is 1.34. The van der Waals surface area contributed by atoms with E-state index in [0.29, 0.717) is 24.6 Å². The lowest BCUT2D eigenvalue weighted by Gasteiger charge is -2.38. The van der Waals surface area contributed by atoms with E-state index in [0.717, 1.165) is 0 Å². The van der Waals surface area contributed by atoms with E-state index in [4.69, 9.17) is 0 Å². The third kappa shape index (κ3) is 2.72. The van der Waals surface area contributed by atoms with Crippen LogP contribution in [0.5, 0.6) is 0 Å². The molecular weight excluding hydrogens is 252 g/mol. The van der Waals surface area contributed by atoms with Gasteiger partial charge < -0.3 is 15.0 Å². The van der Waals surface area contributed by atoms with Gasteiger partial charge in [-0.3, -0.25) is 10.1 Å². The quantitative estimate of drug-likeness (QED) is 0.651. The van der Waals surface area contributed by atoms with Gasteiger partial charge in [-0.25, -0.2) is 9.78 Å². The Kier molecular flexibility index (Phi) is 3.50. The molecule has 0 saturated carbocycles. The number of hydrogen-bond acceptors (Lipinski definition) is 6.